The average Bonchev–Trinajstić information content (AvgIpc) is 2.73. The second kappa shape index (κ2) is 11.6. The number of hydrogen-bond donors (Lipinski definition) is 2. The summed E-state index contributed by atoms with van der Waals surface area (Å²) in [7, 11) is 3.12. The maximum atomic E-state index is 14.0. The van der Waals surface area contributed by atoms with Gasteiger partial charge in [-0.3, -0.25) is 24.0 Å². The van der Waals surface area contributed by atoms with Crippen molar-refractivity contribution in [3.05, 3.63) is 50.4 Å². The molecule has 0 saturated carbocycles. The molecule has 1 aromatic heterocycles. The van der Waals surface area contributed by atoms with Crippen LogP contribution in [0.25, 0.3) is 0 Å². The summed E-state index contributed by atoms with van der Waals surface area (Å²) in [4.78, 5) is 43.5. The van der Waals surface area contributed by atoms with E-state index in [9.17, 15) is 18.8 Å². The number of rotatable bonds is 11. The molecule has 3 N–H and O–H groups in total. The SMILES string of the molecule is CCCCN(C(=O)CN(C)Cc1ccc(OC)c(F)c1)c1c(N)n(CC(C)C)c(=O)[nH]c1=O. The van der Waals surface area contributed by atoms with E-state index in [4.69, 9.17) is 10.5 Å². The molecule has 0 aliphatic carbocycles. The molecule has 0 radical (unpaired) electrons. The van der Waals surface area contributed by atoms with Gasteiger partial charge in [-0.05, 0) is 37.1 Å². The van der Waals surface area contributed by atoms with E-state index in [0.717, 1.165) is 6.42 Å². The lowest BCUT2D eigenvalue weighted by molar-refractivity contribution is -0.119. The van der Waals surface area contributed by atoms with Crippen LogP contribution in [-0.2, 0) is 17.9 Å². The van der Waals surface area contributed by atoms with Gasteiger partial charge in [0.25, 0.3) is 5.56 Å². The molecule has 1 heterocycles. The van der Waals surface area contributed by atoms with Crippen molar-refractivity contribution in [2.45, 2.75) is 46.7 Å². The third-order valence-electron chi connectivity index (χ3n) is 5.14. The summed E-state index contributed by atoms with van der Waals surface area (Å²) in [6, 6.07) is 4.62. The molecule has 0 bridgehead atoms. The molecule has 0 fully saturated rings. The topological polar surface area (TPSA) is 114 Å². The van der Waals surface area contributed by atoms with Crippen LogP contribution in [0.1, 0.15) is 39.2 Å². The fraction of sp³-hybridized carbons (Fsp3) is 0.522. The standard InChI is InChI=1S/C23H34FN5O4/c1-6-7-10-28(20-21(25)29(12-15(2)3)23(32)26-22(20)31)19(30)14-27(4)13-16-8-9-18(33-5)17(24)11-16/h8-9,11,15H,6-7,10,12-14,25H2,1-5H3,(H,26,31,32). The fourth-order valence-corrected chi connectivity index (χ4v) is 3.55. The number of aromatic nitrogens is 2. The van der Waals surface area contributed by atoms with E-state index in [1.54, 1.807) is 18.0 Å². The van der Waals surface area contributed by atoms with Gasteiger partial charge in [0.2, 0.25) is 5.91 Å². The number of carbonyl (C=O) groups excluding carboxylic acids is 1. The first-order chi connectivity index (χ1) is 15.6. The second-order valence-electron chi connectivity index (χ2n) is 8.54. The molecule has 0 spiro atoms. The first-order valence-electron chi connectivity index (χ1n) is 11.0. The van der Waals surface area contributed by atoms with E-state index >= 15 is 0 Å². The summed E-state index contributed by atoms with van der Waals surface area (Å²) < 4.78 is 20.2. The molecule has 9 nitrogen and oxygen atoms in total. The van der Waals surface area contributed by atoms with Gasteiger partial charge in [-0.2, -0.15) is 0 Å². The van der Waals surface area contributed by atoms with Gasteiger partial charge < -0.3 is 15.4 Å². The zero-order chi connectivity index (χ0) is 24.7. The van der Waals surface area contributed by atoms with Gasteiger partial charge in [-0.15, -0.1) is 0 Å². The Balaban J connectivity index is 2.31. The van der Waals surface area contributed by atoms with Crippen LogP contribution < -0.4 is 26.6 Å². The van der Waals surface area contributed by atoms with Crippen molar-refractivity contribution in [2.24, 2.45) is 5.92 Å². The van der Waals surface area contributed by atoms with Crippen molar-refractivity contribution in [3.63, 3.8) is 0 Å². The number of nitrogens with two attached hydrogens (primary N) is 1. The van der Waals surface area contributed by atoms with Gasteiger partial charge in [0.05, 0.1) is 13.7 Å². The number of aromatic amines is 1. The highest BCUT2D eigenvalue weighted by Gasteiger charge is 2.25. The molecule has 0 aliphatic rings. The number of nitrogen functional groups attached to an aromatic ring is 1. The lowest BCUT2D eigenvalue weighted by Crippen LogP contribution is -2.45. The smallest absolute Gasteiger partial charge is 0.330 e. The number of nitrogens with one attached hydrogen (secondary N) is 1. The van der Waals surface area contributed by atoms with Crippen molar-refractivity contribution >= 4 is 17.4 Å². The molecule has 0 unspecified atom stereocenters. The van der Waals surface area contributed by atoms with Crippen LogP contribution in [0.2, 0.25) is 0 Å². The van der Waals surface area contributed by atoms with Crippen LogP contribution in [0.3, 0.4) is 0 Å². The van der Waals surface area contributed by atoms with Gasteiger partial charge in [-0.1, -0.05) is 33.3 Å². The Morgan fingerprint density at radius 3 is 2.58 bits per heavy atom. The predicted octanol–water partition coefficient (Wildman–Crippen LogP) is 2.19. The minimum absolute atomic E-state index is 0.0161. The van der Waals surface area contributed by atoms with Crippen LogP contribution in [0.5, 0.6) is 5.75 Å². The average molecular weight is 464 g/mol. The van der Waals surface area contributed by atoms with E-state index in [1.807, 2.05) is 20.8 Å². The van der Waals surface area contributed by atoms with Gasteiger partial charge in [0.15, 0.2) is 17.3 Å². The third kappa shape index (κ3) is 6.67. The normalized spacial score (nSPS) is 11.3. The first-order valence-corrected chi connectivity index (χ1v) is 11.0. The van der Waals surface area contributed by atoms with Gasteiger partial charge in [-0.25, -0.2) is 9.18 Å². The number of carbonyl (C=O) groups is 1. The molecule has 0 saturated heterocycles. The number of unbranched alkanes of at least 4 members (excludes halogenated alkanes) is 1. The minimum atomic E-state index is -0.693. The van der Waals surface area contributed by atoms with Crippen LogP contribution in [0.15, 0.2) is 27.8 Å². The summed E-state index contributed by atoms with van der Waals surface area (Å²) in [6.45, 7) is 6.70. The Kier molecular flexibility index (Phi) is 9.22. The zero-order valence-electron chi connectivity index (χ0n) is 20.0. The van der Waals surface area contributed by atoms with Crippen LogP contribution >= 0.6 is 0 Å². The Hall–Kier alpha value is -3.14. The molecule has 10 heteroatoms. The number of H-pyrrole nitrogens is 1. The maximum absolute atomic E-state index is 14.0. The van der Waals surface area contributed by atoms with Gasteiger partial charge >= 0.3 is 5.69 Å². The van der Waals surface area contributed by atoms with E-state index in [1.165, 1.54) is 28.7 Å². The van der Waals surface area contributed by atoms with Crippen molar-refractivity contribution in [2.75, 3.05) is 37.9 Å². The number of likely N-dealkylation sites (N-methyl/N-ethyl adjacent to an activating group) is 1. The van der Waals surface area contributed by atoms with E-state index < -0.39 is 17.1 Å². The molecular formula is C23H34FN5O4. The predicted molar refractivity (Wildman–Crippen MR) is 127 cm³/mol. The lowest BCUT2D eigenvalue weighted by atomic mass is 10.2. The van der Waals surface area contributed by atoms with Crippen molar-refractivity contribution in [3.8, 4) is 5.75 Å². The third-order valence-corrected chi connectivity index (χ3v) is 5.14. The summed E-state index contributed by atoms with van der Waals surface area (Å²) in [6.07, 6.45) is 1.45. The monoisotopic (exact) mass is 463 g/mol. The number of amides is 1. The maximum Gasteiger partial charge on any atom is 0.330 e. The molecule has 1 aromatic carbocycles. The molecule has 0 atom stereocenters. The highest BCUT2D eigenvalue weighted by molar-refractivity contribution is 5.96. The number of anilines is 2. The molecule has 1 amide bonds. The van der Waals surface area contributed by atoms with E-state index in [2.05, 4.69) is 4.98 Å². The van der Waals surface area contributed by atoms with Crippen LogP contribution in [-0.4, -0.2) is 47.6 Å². The van der Waals surface area contributed by atoms with Crippen LogP contribution in [0, 0.1) is 11.7 Å². The van der Waals surface area contributed by atoms with Crippen molar-refractivity contribution in [1.29, 1.82) is 0 Å². The zero-order valence-corrected chi connectivity index (χ0v) is 20.0. The Morgan fingerprint density at radius 2 is 2.00 bits per heavy atom. The number of halogens is 1. The number of ether oxygens (including phenoxy) is 1. The van der Waals surface area contributed by atoms with E-state index in [-0.39, 0.29) is 42.2 Å². The van der Waals surface area contributed by atoms with Gasteiger partial charge in [0.1, 0.15) is 5.82 Å². The Labute approximate surface area is 193 Å². The van der Waals surface area contributed by atoms with Gasteiger partial charge in [0, 0.05) is 19.6 Å². The van der Waals surface area contributed by atoms with Crippen molar-refractivity contribution < 1.29 is 13.9 Å². The molecule has 182 valence electrons. The fourth-order valence-electron chi connectivity index (χ4n) is 3.55. The quantitative estimate of drug-likeness (QED) is 0.528. The largest absolute Gasteiger partial charge is 0.494 e. The highest BCUT2D eigenvalue weighted by Crippen LogP contribution is 2.20. The molecular weight excluding hydrogens is 429 g/mol. The Bertz CT molecular complexity index is 1080. The Morgan fingerprint density at radius 1 is 1.30 bits per heavy atom. The molecule has 0 aliphatic heterocycles. The second-order valence-corrected chi connectivity index (χ2v) is 8.54. The van der Waals surface area contributed by atoms with Crippen molar-refractivity contribution in [1.82, 2.24) is 14.5 Å². The number of nitrogens with zero attached hydrogens (tertiary/aromatic N) is 3. The van der Waals surface area contributed by atoms with Crippen LogP contribution in [0.4, 0.5) is 15.9 Å². The summed E-state index contributed by atoms with van der Waals surface area (Å²) >= 11 is 0. The summed E-state index contributed by atoms with van der Waals surface area (Å²) in [5, 5.41) is 0. The summed E-state index contributed by atoms with van der Waals surface area (Å²) in [5.74, 6) is -0.589. The number of hydrogen-bond acceptors (Lipinski definition) is 6. The molecule has 2 aromatic rings. The molecule has 2 rings (SSSR count). The highest BCUT2D eigenvalue weighted by atomic mass is 19.1. The first kappa shape index (κ1) is 26.1. The molecule has 33 heavy (non-hydrogen) atoms. The number of methoxy groups -OCH3 is 1. The minimum Gasteiger partial charge on any atom is -0.494 e. The number of benzene rings is 1. The van der Waals surface area contributed by atoms with E-state index in [0.29, 0.717) is 25.1 Å². The summed E-state index contributed by atoms with van der Waals surface area (Å²) in [5.41, 5.74) is 5.59. The lowest BCUT2D eigenvalue weighted by Gasteiger charge is -2.27.